The SMILES string of the molecule is CC(C)(C)OC=O.Fc1ccc2c(C3CCNCC3)ncnc2c1. The molecule has 0 amide bonds. The second kappa shape index (κ2) is 8.15. The molecule has 6 heteroatoms. The number of benzene rings is 1. The van der Waals surface area contributed by atoms with Gasteiger partial charge in [0, 0.05) is 17.4 Å². The van der Waals surface area contributed by atoms with Crippen LogP contribution < -0.4 is 5.32 Å². The molecular weight excluding hydrogens is 309 g/mol. The van der Waals surface area contributed by atoms with Crippen molar-refractivity contribution >= 4 is 17.4 Å². The minimum atomic E-state index is -0.318. The maximum Gasteiger partial charge on any atom is 0.293 e. The Morgan fingerprint density at radius 1 is 1.25 bits per heavy atom. The second-order valence-corrected chi connectivity index (χ2v) is 6.77. The van der Waals surface area contributed by atoms with Crippen LogP contribution in [0.25, 0.3) is 10.9 Å². The minimum Gasteiger partial charge on any atom is -0.462 e. The third-order valence-electron chi connectivity index (χ3n) is 3.76. The van der Waals surface area contributed by atoms with E-state index in [4.69, 9.17) is 0 Å². The molecule has 130 valence electrons. The molecule has 1 aliphatic heterocycles. The molecule has 1 aromatic heterocycles. The van der Waals surface area contributed by atoms with Crippen molar-refractivity contribution in [2.45, 2.75) is 45.1 Å². The first-order chi connectivity index (χ1) is 11.4. The number of carbonyl (C=O) groups excluding carboxylic acids is 1. The van der Waals surface area contributed by atoms with Gasteiger partial charge in [-0.2, -0.15) is 0 Å². The van der Waals surface area contributed by atoms with E-state index in [9.17, 15) is 9.18 Å². The Labute approximate surface area is 141 Å². The lowest BCUT2D eigenvalue weighted by Gasteiger charge is -2.22. The van der Waals surface area contributed by atoms with Crippen molar-refractivity contribution in [2.24, 2.45) is 0 Å². The fourth-order valence-electron chi connectivity index (χ4n) is 2.62. The zero-order valence-corrected chi connectivity index (χ0v) is 14.4. The molecule has 1 aliphatic rings. The van der Waals surface area contributed by atoms with Crippen molar-refractivity contribution in [3.63, 3.8) is 0 Å². The molecule has 2 heterocycles. The van der Waals surface area contributed by atoms with Gasteiger partial charge in [0.1, 0.15) is 17.7 Å². The average molecular weight is 333 g/mol. The molecule has 2 aromatic rings. The number of fused-ring (bicyclic) bond motifs is 1. The van der Waals surface area contributed by atoms with Crippen molar-refractivity contribution < 1.29 is 13.9 Å². The molecule has 1 N–H and O–H groups in total. The number of hydrogen-bond donors (Lipinski definition) is 1. The third kappa shape index (κ3) is 5.23. The van der Waals surface area contributed by atoms with E-state index in [0.717, 1.165) is 37.0 Å². The summed E-state index contributed by atoms with van der Waals surface area (Å²) in [5.41, 5.74) is 1.45. The number of rotatable bonds is 2. The highest BCUT2D eigenvalue weighted by Gasteiger charge is 2.19. The van der Waals surface area contributed by atoms with Crippen LogP contribution in [0.3, 0.4) is 0 Å². The van der Waals surface area contributed by atoms with Crippen LogP contribution in [-0.2, 0) is 9.53 Å². The van der Waals surface area contributed by atoms with Crippen LogP contribution in [0, 0.1) is 5.82 Å². The molecule has 1 fully saturated rings. The fourth-order valence-corrected chi connectivity index (χ4v) is 2.62. The van der Waals surface area contributed by atoms with Crippen molar-refractivity contribution in [3.05, 3.63) is 36.0 Å². The molecule has 0 saturated carbocycles. The normalized spacial score (nSPS) is 15.5. The first-order valence-corrected chi connectivity index (χ1v) is 8.13. The minimum absolute atomic E-state index is 0.243. The molecular formula is C18H24FN3O2. The van der Waals surface area contributed by atoms with E-state index >= 15 is 0 Å². The number of nitrogens with zero attached hydrogens (tertiary/aromatic N) is 2. The maximum absolute atomic E-state index is 13.1. The summed E-state index contributed by atoms with van der Waals surface area (Å²) in [7, 11) is 0. The van der Waals surface area contributed by atoms with Gasteiger partial charge in [0.15, 0.2) is 0 Å². The van der Waals surface area contributed by atoms with Gasteiger partial charge < -0.3 is 10.1 Å². The largest absolute Gasteiger partial charge is 0.462 e. The molecule has 0 unspecified atom stereocenters. The first-order valence-electron chi connectivity index (χ1n) is 8.13. The van der Waals surface area contributed by atoms with Gasteiger partial charge in [0.05, 0.1) is 11.2 Å². The van der Waals surface area contributed by atoms with Crippen LogP contribution in [0.5, 0.6) is 0 Å². The van der Waals surface area contributed by atoms with E-state index in [2.05, 4.69) is 20.0 Å². The molecule has 24 heavy (non-hydrogen) atoms. The summed E-state index contributed by atoms with van der Waals surface area (Å²) in [6.45, 7) is 7.97. The third-order valence-corrected chi connectivity index (χ3v) is 3.76. The lowest BCUT2D eigenvalue weighted by Crippen LogP contribution is -2.27. The van der Waals surface area contributed by atoms with Gasteiger partial charge in [-0.1, -0.05) is 0 Å². The number of piperidine rings is 1. The molecule has 0 bridgehead atoms. The lowest BCUT2D eigenvalue weighted by atomic mass is 9.92. The van der Waals surface area contributed by atoms with E-state index in [0.29, 0.717) is 17.9 Å². The Hall–Kier alpha value is -2.08. The summed E-state index contributed by atoms with van der Waals surface area (Å²) < 4.78 is 17.7. The number of nitrogens with one attached hydrogen (secondary N) is 1. The molecule has 1 aromatic carbocycles. The van der Waals surface area contributed by atoms with Gasteiger partial charge in [0.25, 0.3) is 6.47 Å². The molecule has 0 atom stereocenters. The number of halogens is 1. The molecule has 0 aliphatic carbocycles. The van der Waals surface area contributed by atoms with Crippen molar-refractivity contribution in [1.82, 2.24) is 15.3 Å². The van der Waals surface area contributed by atoms with Crippen LogP contribution >= 0.6 is 0 Å². The van der Waals surface area contributed by atoms with E-state index in [1.54, 1.807) is 12.4 Å². The summed E-state index contributed by atoms with van der Waals surface area (Å²) in [4.78, 5) is 18.1. The van der Waals surface area contributed by atoms with Crippen LogP contribution in [-0.4, -0.2) is 35.1 Å². The molecule has 3 rings (SSSR count). The topological polar surface area (TPSA) is 64.1 Å². The lowest BCUT2D eigenvalue weighted by molar-refractivity contribution is -0.138. The van der Waals surface area contributed by atoms with Gasteiger partial charge in [-0.3, -0.25) is 4.79 Å². The quantitative estimate of drug-likeness (QED) is 0.855. The molecule has 0 radical (unpaired) electrons. The molecule has 0 spiro atoms. The average Bonchev–Trinajstić information content (AvgIpc) is 2.54. The maximum atomic E-state index is 13.1. The summed E-state index contributed by atoms with van der Waals surface area (Å²) in [5.74, 6) is 0.222. The number of aromatic nitrogens is 2. The highest BCUT2D eigenvalue weighted by molar-refractivity contribution is 5.81. The van der Waals surface area contributed by atoms with Crippen LogP contribution in [0.1, 0.15) is 45.2 Å². The van der Waals surface area contributed by atoms with Crippen LogP contribution in [0.4, 0.5) is 4.39 Å². The number of carbonyl (C=O) groups is 1. The van der Waals surface area contributed by atoms with Gasteiger partial charge in [-0.05, 0) is 58.8 Å². The molecule has 1 saturated heterocycles. The van der Waals surface area contributed by atoms with E-state index in [-0.39, 0.29) is 11.4 Å². The summed E-state index contributed by atoms with van der Waals surface area (Å²) >= 11 is 0. The Kier molecular flexibility index (Phi) is 6.20. The summed E-state index contributed by atoms with van der Waals surface area (Å²) in [5, 5.41) is 4.33. The first kappa shape index (κ1) is 18.3. The zero-order valence-electron chi connectivity index (χ0n) is 14.4. The summed E-state index contributed by atoms with van der Waals surface area (Å²) in [6.07, 6.45) is 3.71. The highest BCUT2D eigenvalue weighted by Crippen LogP contribution is 2.28. The van der Waals surface area contributed by atoms with Gasteiger partial charge in [0.2, 0.25) is 0 Å². The Morgan fingerprint density at radius 3 is 2.54 bits per heavy atom. The Bertz CT molecular complexity index is 680. The smallest absolute Gasteiger partial charge is 0.293 e. The molecule has 5 nitrogen and oxygen atoms in total. The number of ether oxygens (including phenoxy) is 1. The van der Waals surface area contributed by atoms with Crippen LogP contribution in [0.2, 0.25) is 0 Å². The monoisotopic (exact) mass is 333 g/mol. The Morgan fingerprint density at radius 2 is 1.96 bits per heavy atom. The predicted molar refractivity (Wildman–Crippen MR) is 91.2 cm³/mol. The van der Waals surface area contributed by atoms with Crippen molar-refractivity contribution in [3.8, 4) is 0 Å². The van der Waals surface area contributed by atoms with Gasteiger partial charge in [-0.25, -0.2) is 14.4 Å². The van der Waals surface area contributed by atoms with Crippen molar-refractivity contribution in [2.75, 3.05) is 13.1 Å². The fraction of sp³-hybridized carbons (Fsp3) is 0.500. The van der Waals surface area contributed by atoms with Crippen LogP contribution in [0.15, 0.2) is 24.5 Å². The van der Waals surface area contributed by atoms with Crippen molar-refractivity contribution in [1.29, 1.82) is 0 Å². The zero-order chi connectivity index (χ0) is 17.6. The van der Waals surface area contributed by atoms with E-state index in [1.807, 2.05) is 20.8 Å². The van der Waals surface area contributed by atoms with E-state index in [1.165, 1.54) is 12.1 Å². The van der Waals surface area contributed by atoms with Gasteiger partial charge in [-0.15, -0.1) is 0 Å². The van der Waals surface area contributed by atoms with E-state index < -0.39 is 0 Å². The second-order valence-electron chi connectivity index (χ2n) is 6.77. The summed E-state index contributed by atoms with van der Waals surface area (Å²) in [6, 6.07) is 4.75. The highest BCUT2D eigenvalue weighted by atomic mass is 19.1. The Balaban J connectivity index is 0.000000256. The number of hydrogen-bond acceptors (Lipinski definition) is 5. The standard InChI is InChI=1S/C13H14FN3.C5H10O2/c14-10-1-2-11-12(7-10)16-8-17-13(11)9-3-5-15-6-4-9;1-5(2,3)7-4-6/h1-2,7-9,15H,3-6H2;4H,1-3H3. The predicted octanol–water partition coefficient (Wildman–Crippen LogP) is 3.19. The van der Waals surface area contributed by atoms with Gasteiger partial charge >= 0.3 is 0 Å².